The Morgan fingerprint density at radius 1 is 0.875 bits per heavy atom. The minimum Gasteiger partial charge on any atom is -0.870 e. The van der Waals surface area contributed by atoms with E-state index in [-0.39, 0.29) is 40.7 Å². The third-order valence-electron chi connectivity index (χ3n) is 4.91. The van der Waals surface area contributed by atoms with E-state index < -0.39 is 11.9 Å². The van der Waals surface area contributed by atoms with Gasteiger partial charge in [-0.2, -0.15) is 0 Å². The number of nitrogens with two attached hydrogens (primary N) is 1. The molecule has 9 nitrogen and oxygen atoms in total. The number of pyridine rings is 2. The number of amides is 1. The maximum Gasteiger partial charge on any atom is 1.00 e. The van der Waals surface area contributed by atoms with Gasteiger partial charge in [0.1, 0.15) is 11.4 Å². The number of primary amides is 1. The Hall–Kier alpha value is -2.02. The van der Waals surface area contributed by atoms with Crippen molar-refractivity contribution >= 4 is 55.0 Å². The van der Waals surface area contributed by atoms with Crippen molar-refractivity contribution in [2.24, 2.45) is 5.73 Å². The van der Waals surface area contributed by atoms with Gasteiger partial charge in [0.15, 0.2) is 0 Å². The predicted molar refractivity (Wildman–Crippen MR) is 116 cm³/mol. The zero-order valence-electron chi connectivity index (χ0n) is 17.2. The molecule has 0 saturated heterocycles. The summed E-state index contributed by atoms with van der Waals surface area (Å²) in [6.07, 6.45) is 8.04. The average Bonchev–Trinajstić information content (AvgIpc) is 3.66. The van der Waals surface area contributed by atoms with Gasteiger partial charge < -0.3 is 16.3 Å². The van der Waals surface area contributed by atoms with Crippen molar-refractivity contribution in [3.05, 3.63) is 45.9 Å². The molecule has 0 atom stereocenters. The number of carbonyl (C=O) groups excluding carboxylic acids is 1. The zero-order chi connectivity index (χ0) is 20.8. The summed E-state index contributed by atoms with van der Waals surface area (Å²) in [5, 5.41) is 11.1. The Bertz CT molecular complexity index is 1200. The van der Waals surface area contributed by atoms with Crippen molar-refractivity contribution in [3.63, 3.8) is 0 Å². The Labute approximate surface area is 212 Å². The summed E-state index contributed by atoms with van der Waals surface area (Å²) in [4.78, 5) is 38.4. The summed E-state index contributed by atoms with van der Waals surface area (Å²) in [6.45, 7) is 0. The van der Waals surface area contributed by atoms with E-state index in [0.29, 0.717) is 17.5 Å². The summed E-state index contributed by atoms with van der Waals surface area (Å²) in [7, 11) is 0. The van der Waals surface area contributed by atoms with Gasteiger partial charge in [-0.1, -0.05) is 0 Å². The van der Waals surface area contributed by atoms with Gasteiger partial charge in [-0.15, -0.1) is 22.7 Å². The Morgan fingerprint density at radius 3 is 1.72 bits per heavy atom. The number of nitrogens with zero attached hydrogens (tertiary/aromatic N) is 4. The summed E-state index contributed by atoms with van der Waals surface area (Å²) in [5.74, 6) is -0.230. The van der Waals surface area contributed by atoms with E-state index in [9.17, 15) is 9.59 Å². The van der Waals surface area contributed by atoms with Crippen LogP contribution in [-0.4, -0.2) is 42.4 Å². The van der Waals surface area contributed by atoms with Crippen LogP contribution in [0.4, 0.5) is 0 Å². The van der Waals surface area contributed by atoms with Crippen LogP contribution in [0, 0.1) is 0 Å². The van der Waals surface area contributed by atoms with Gasteiger partial charge in [0.2, 0.25) is 0 Å². The smallest absolute Gasteiger partial charge is 0.870 e. The minimum absolute atomic E-state index is 0. The fraction of sp³-hybridized carbons (Fsp3) is 0.300. The van der Waals surface area contributed by atoms with Crippen LogP contribution in [-0.2, 0) is 0 Å². The van der Waals surface area contributed by atoms with Gasteiger partial charge in [-0.3, -0.25) is 4.79 Å². The van der Waals surface area contributed by atoms with E-state index in [0.717, 1.165) is 30.4 Å². The molecule has 12 heteroatoms. The fourth-order valence-corrected chi connectivity index (χ4v) is 5.25. The van der Waals surface area contributed by atoms with E-state index in [1.807, 2.05) is 0 Å². The number of rotatable bonds is 4. The van der Waals surface area contributed by atoms with Crippen LogP contribution in [0.25, 0.3) is 20.4 Å². The summed E-state index contributed by atoms with van der Waals surface area (Å²) >= 11 is 3.23. The first-order valence-corrected chi connectivity index (χ1v) is 11.2. The van der Waals surface area contributed by atoms with Crippen molar-refractivity contribution in [1.82, 2.24) is 19.9 Å². The molecule has 6 rings (SSSR count). The van der Waals surface area contributed by atoms with Crippen LogP contribution in [0.2, 0.25) is 0 Å². The molecule has 4 aromatic heterocycles. The van der Waals surface area contributed by atoms with Gasteiger partial charge in [-0.05, 0) is 37.8 Å². The standard InChI is InChI=1S/C10H9N3OS.C10H8N2O2S.Na.H2O/c11-9(14)6-3-8-7(4-12-6)13-10(15-8)5-1-2-5;13-10(14)6-3-8-7(4-11-6)12-9(15-8)5-1-2-5;;/h3-5H,1-2H2,(H2,11,14);3-5H,1-2H2,(H,13,14);;1H2/q;;+1;/p-1. The third-order valence-corrected chi connectivity index (χ3v) is 7.27. The molecule has 2 fully saturated rings. The summed E-state index contributed by atoms with van der Waals surface area (Å²) in [5.41, 5.74) is 7.25. The van der Waals surface area contributed by atoms with E-state index in [2.05, 4.69) is 19.9 Å². The molecule has 1 amide bonds. The van der Waals surface area contributed by atoms with E-state index in [4.69, 9.17) is 10.8 Å². The first-order chi connectivity index (χ1) is 14.5. The second-order valence-electron chi connectivity index (χ2n) is 7.40. The fourth-order valence-electron chi connectivity index (χ4n) is 2.96. The molecule has 2 aliphatic carbocycles. The largest absolute Gasteiger partial charge is 1.00 e. The molecular formula is C20H18N5NaO4S2. The predicted octanol–water partition coefficient (Wildman–Crippen LogP) is 0.762. The maximum absolute atomic E-state index is 10.9. The van der Waals surface area contributed by atoms with Gasteiger partial charge in [0.25, 0.3) is 5.91 Å². The van der Waals surface area contributed by atoms with Crippen LogP contribution in [0.5, 0.6) is 0 Å². The van der Waals surface area contributed by atoms with Gasteiger partial charge in [-0.25, -0.2) is 24.7 Å². The van der Waals surface area contributed by atoms with Crippen molar-refractivity contribution in [2.75, 3.05) is 0 Å². The molecule has 4 N–H and O–H groups in total. The Kier molecular flexibility index (Phi) is 7.58. The molecule has 0 aliphatic heterocycles. The Morgan fingerprint density at radius 2 is 1.31 bits per heavy atom. The molecule has 4 heterocycles. The average molecular weight is 480 g/mol. The van der Waals surface area contributed by atoms with Gasteiger partial charge in [0, 0.05) is 11.8 Å². The zero-order valence-corrected chi connectivity index (χ0v) is 20.8. The summed E-state index contributed by atoms with van der Waals surface area (Å²) in [6, 6.07) is 3.32. The molecular weight excluding hydrogens is 461 g/mol. The second-order valence-corrected chi connectivity index (χ2v) is 9.52. The van der Waals surface area contributed by atoms with Gasteiger partial charge in [0.05, 0.1) is 42.8 Å². The monoisotopic (exact) mass is 479 g/mol. The minimum atomic E-state index is -0.988. The molecule has 160 valence electrons. The topological polar surface area (TPSA) is 162 Å². The molecule has 32 heavy (non-hydrogen) atoms. The van der Waals surface area contributed by atoms with Crippen LogP contribution in [0.3, 0.4) is 0 Å². The molecule has 0 spiro atoms. The first-order valence-electron chi connectivity index (χ1n) is 9.54. The molecule has 2 aliphatic rings. The van der Waals surface area contributed by atoms with Crippen LogP contribution in [0.1, 0.15) is 68.5 Å². The number of hydrogen-bond donors (Lipinski definition) is 2. The molecule has 0 unspecified atom stereocenters. The Balaban J connectivity index is 0.000000170. The molecule has 4 aromatic rings. The van der Waals surface area contributed by atoms with Crippen LogP contribution < -0.4 is 35.3 Å². The van der Waals surface area contributed by atoms with E-state index in [1.54, 1.807) is 47.2 Å². The number of aromatic nitrogens is 4. The number of carbonyl (C=O) groups is 2. The van der Waals surface area contributed by atoms with Crippen LogP contribution >= 0.6 is 22.7 Å². The SMILES string of the molecule is NC(=O)c1cc2sc(C3CC3)nc2cn1.O=C(O)c1cc2sc(C3CC3)nc2cn1.[Na+].[OH-]. The number of hydrogen-bond acceptors (Lipinski definition) is 9. The van der Waals surface area contributed by atoms with Crippen LogP contribution in [0.15, 0.2) is 24.5 Å². The number of aromatic carboxylic acids is 1. The third kappa shape index (κ3) is 5.30. The summed E-state index contributed by atoms with van der Waals surface area (Å²) < 4.78 is 1.92. The first kappa shape index (κ1) is 24.6. The number of carboxylic acids is 1. The van der Waals surface area contributed by atoms with Gasteiger partial charge >= 0.3 is 35.5 Å². The molecule has 2 saturated carbocycles. The molecule has 0 aromatic carbocycles. The molecule has 0 bridgehead atoms. The molecule has 0 radical (unpaired) electrons. The number of thiazole rings is 2. The maximum atomic E-state index is 10.9. The number of fused-ring (bicyclic) bond motifs is 2. The van der Waals surface area contributed by atoms with Crippen molar-refractivity contribution < 1.29 is 49.7 Å². The second kappa shape index (κ2) is 9.86. The van der Waals surface area contributed by atoms with Crippen molar-refractivity contribution in [2.45, 2.75) is 37.5 Å². The van der Waals surface area contributed by atoms with E-state index >= 15 is 0 Å². The van der Waals surface area contributed by atoms with E-state index in [1.165, 1.54) is 25.7 Å². The van der Waals surface area contributed by atoms with Crippen molar-refractivity contribution in [1.29, 1.82) is 0 Å². The quantitative estimate of drug-likeness (QED) is 0.405. The normalized spacial score (nSPS) is 14.8. The number of carboxylic acid groups (broad SMARTS) is 1. The van der Waals surface area contributed by atoms with Crippen molar-refractivity contribution in [3.8, 4) is 0 Å².